The summed E-state index contributed by atoms with van der Waals surface area (Å²) in [7, 11) is 0. The third-order valence-corrected chi connectivity index (χ3v) is 5.85. The van der Waals surface area contributed by atoms with Crippen molar-refractivity contribution >= 4 is 17.5 Å². The Balaban J connectivity index is 1.42. The lowest BCUT2D eigenvalue weighted by molar-refractivity contribution is 0.0950. The zero-order valence-electron chi connectivity index (χ0n) is 18.9. The van der Waals surface area contributed by atoms with Crippen molar-refractivity contribution in [3.63, 3.8) is 0 Å². The van der Waals surface area contributed by atoms with Crippen LogP contribution in [0.5, 0.6) is 5.75 Å². The topological polar surface area (TPSA) is 56.1 Å². The van der Waals surface area contributed by atoms with Crippen molar-refractivity contribution in [1.82, 2.24) is 15.1 Å². The maximum atomic E-state index is 12.8. The fraction of sp³-hybridized carbons (Fsp3) is 0.185. The summed E-state index contributed by atoms with van der Waals surface area (Å²) in [5.41, 5.74) is 6.47. The third-order valence-electron chi connectivity index (χ3n) is 5.54. The van der Waals surface area contributed by atoms with Crippen molar-refractivity contribution in [3.05, 3.63) is 111 Å². The molecule has 3 aromatic carbocycles. The van der Waals surface area contributed by atoms with Crippen molar-refractivity contribution in [2.45, 2.75) is 33.9 Å². The monoisotopic (exact) mass is 459 g/mol. The highest BCUT2D eigenvalue weighted by atomic mass is 35.5. The van der Waals surface area contributed by atoms with Gasteiger partial charge in [-0.15, -0.1) is 0 Å². The molecule has 0 unspecified atom stereocenters. The summed E-state index contributed by atoms with van der Waals surface area (Å²) < 4.78 is 7.78. The minimum atomic E-state index is -0.142. The van der Waals surface area contributed by atoms with E-state index in [1.165, 1.54) is 0 Å². The minimum Gasteiger partial charge on any atom is -0.487 e. The van der Waals surface area contributed by atoms with Gasteiger partial charge in [-0.25, -0.2) is 4.68 Å². The zero-order valence-corrected chi connectivity index (χ0v) is 19.7. The van der Waals surface area contributed by atoms with Crippen LogP contribution in [-0.2, 0) is 13.2 Å². The van der Waals surface area contributed by atoms with E-state index in [-0.39, 0.29) is 5.91 Å². The second-order valence-corrected chi connectivity index (χ2v) is 8.41. The fourth-order valence-corrected chi connectivity index (χ4v) is 3.88. The largest absolute Gasteiger partial charge is 0.487 e. The van der Waals surface area contributed by atoms with E-state index in [1.807, 2.05) is 92.2 Å². The Morgan fingerprint density at radius 1 is 1.00 bits per heavy atom. The number of amides is 1. The molecule has 0 aliphatic rings. The molecule has 0 saturated heterocycles. The molecule has 1 amide bonds. The number of para-hydroxylation sites is 1. The van der Waals surface area contributed by atoms with Crippen LogP contribution in [0.15, 0.2) is 72.8 Å². The lowest BCUT2D eigenvalue weighted by Crippen LogP contribution is -2.23. The Hall–Kier alpha value is -3.57. The van der Waals surface area contributed by atoms with Crippen LogP contribution in [0.4, 0.5) is 0 Å². The summed E-state index contributed by atoms with van der Waals surface area (Å²) in [4.78, 5) is 12.8. The summed E-state index contributed by atoms with van der Waals surface area (Å²) in [6.45, 7) is 6.70. The van der Waals surface area contributed by atoms with Gasteiger partial charge in [0, 0.05) is 23.4 Å². The number of ether oxygens (including phenoxy) is 1. The highest BCUT2D eigenvalue weighted by Crippen LogP contribution is 2.26. The van der Waals surface area contributed by atoms with E-state index in [4.69, 9.17) is 16.3 Å². The number of hydrogen-bond donors (Lipinski definition) is 1. The molecule has 0 aliphatic carbocycles. The maximum absolute atomic E-state index is 12.8. The summed E-state index contributed by atoms with van der Waals surface area (Å²) in [6, 6.07) is 23.1. The molecule has 0 bridgehead atoms. The number of nitrogens with zero attached hydrogens (tertiary/aromatic N) is 2. The predicted molar refractivity (Wildman–Crippen MR) is 131 cm³/mol. The van der Waals surface area contributed by atoms with E-state index in [0.717, 1.165) is 33.8 Å². The van der Waals surface area contributed by atoms with Gasteiger partial charge in [-0.3, -0.25) is 4.79 Å². The van der Waals surface area contributed by atoms with Gasteiger partial charge in [-0.2, -0.15) is 5.10 Å². The van der Waals surface area contributed by atoms with Gasteiger partial charge in [0.25, 0.3) is 5.91 Å². The fourth-order valence-electron chi connectivity index (χ4n) is 3.71. The molecule has 0 spiro atoms. The first-order valence-electron chi connectivity index (χ1n) is 10.8. The Kier molecular flexibility index (Phi) is 6.80. The van der Waals surface area contributed by atoms with Gasteiger partial charge in [0.2, 0.25) is 0 Å². The second-order valence-electron chi connectivity index (χ2n) is 8.00. The summed E-state index contributed by atoms with van der Waals surface area (Å²) in [5, 5.41) is 8.24. The smallest absolute Gasteiger partial charge is 0.251 e. The Bertz CT molecular complexity index is 1280. The molecule has 0 saturated carbocycles. The molecule has 168 valence electrons. The number of hydrogen-bond acceptors (Lipinski definition) is 3. The average Bonchev–Trinajstić information content (AvgIpc) is 3.12. The number of aryl methyl sites for hydroxylation is 2. The molecule has 0 aliphatic heterocycles. The van der Waals surface area contributed by atoms with Crippen molar-refractivity contribution in [2.24, 2.45) is 0 Å². The lowest BCUT2D eigenvalue weighted by Gasteiger charge is -2.11. The number of aromatic nitrogens is 2. The first kappa shape index (κ1) is 22.6. The lowest BCUT2D eigenvalue weighted by atomic mass is 10.1. The summed E-state index contributed by atoms with van der Waals surface area (Å²) >= 11 is 6.21. The first-order valence-corrected chi connectivity index (χ1v) is 11.2. The van der Waals surface area contributed by atoms with Crippen LogP contribution >= 0.6 is 11.6 Å². The van der Waals surface area contributed by atoms with Crippen LogP contribution in [-0.4, -0.2) is 15.7 Å². The quantitative estimate of drug-likeness (QED) is 0.371. The van der Waals surface area contributed by atoms with Gasteiger partial charge in [-0.1, -0.05) is 48.0 Å². The minimum absolute atomic E-state index is 0.142. The summed E-state index contributed by atoms with van der Waals surface area (Å²) in [5.74, 6) is 0.490. The number of benzene rings is 3. The van der Waals surface area contributed by atoms with Crippen molar-refractivity contribution in [2.75, 3.05) is 0 Å². The molecule has 4 rings (SSSR count). The van der Waals surface area contributed by atoms with Gasteiger partial charge < -0.3 is 10.1 Å². The maximum Gasteiger partial charge on any atom is 0.251 e. The third kappa shape index (κ3) is 5.26. The van der Waals surface area contributed by atoms with Crippen LogP contribution in [0.25, 0.3) is 5.69 Å². The SMILES string of the molecule is Cc1ccc(Cl)c(OCc2cccc(C(=O)NCc3c(C)nn(-c4ccccc4)c3C)c2)c1. The normalized spacial score (nSPS) is 10.8. The molecule has 5 nitrogen and oxygen atoms in total. The number of carbonyl (C=O) groups is 1. The molecule has 1 heterocycles. The number of rotatable bonds is 7. The van der Waals surface area contributed by atoms with Crippen LogP contribution in [0.1, 0.15) is 38.4 Å². The summed E-state index contributed by atoms with van der Waals surface area (Å²) in [6.07, 6.45) is 0. The average molecular weight is 460 g/mol. The van der Waals surface area contributed by atoms with Crippen molar-refractivity contribution in [1.29, 1.82) is 0 Å². The molecular formula is C27H26ClN3O2. The van der Waals surface area contributed by atoms with E-state index in [2.05, 4.69) is 10.4 Å². The molecule has 0 fully saturated rings. The van der Waals surface area contributed by atoms with E-state index in [9.17, 15) is 4.79 Å². The van der Waals surface area contributed by atoms with Gasteiger partial charge >= 0.3 is 0 Å². The Morgan fingerprint density at radius 2 is 1.79 bits per heavy atom. The van der Waals surface area contributed by atoms with Crippen molar-refractivity contribution in [3.8, 4) is 11.4 Å². The highest BCUT2D eigenvalue weighted by Gasteiger charge is 2.14. The number of carbonyl (C=O) groups excluding carboxylic acids is 1. The first-order chi connectivity index (χ1) is 15.9. The molecular weight excluding hydrogens is 434 g/mol. The van der Waals surface area contributed by atoms with Crippen LogP contribution in [0.2, 0.25) is 5.02 Å². The van der Waals surface area contributed by atoms with Gasteiger partial charge in [0.15, 0.2) is 0 Å². The number of halogens is 1. The molecule has 1 N–H and O–H groups in total. The van der Waals surface area contributed by atoms with Crippen LogP contribution < -0.4 is 10.1 Å². The predicted octanol–water partition coefficient (Wildman–Crippen LogP) is 5.96. The second kappa shape index (κ2) is 9.92. The van der Waals surface area contributed by atoms with Gasteiger partial charge in [0.1, 0.15) is 12.4 Å². The van der Waals surface area contributed by atoms with Gasteiger partial charge in [-0.05, 0) is 68.3 Å². The van der Waals surface area contributed by atoms with Crippen molar-refractivity contribution < 1.29 is 9.53 Å². The Morgan fingerprint density at radius 3 is 2.58 bits per heavy atom. The zero-order chi connectivity index (χ0) is 23.4. The molecule has 33 heavy (non-hydrogen) atoms. The van der Waals surface area contributed by atoms with E-state index < -0.39 is 0 Å². The number of nitrogens with one attached hydrogen (secondary N) is 1. The molecule has 1 aromatic heterocycles. The highest BCUT2D eigenvalue weighted by molar-refractivity contribution is 6.32. The van der Waals surface area contributed by atoms with E-state index in [0.29, 0.717) is 29.5 Å². The molecule has 0 atom stereocenters. The Labute approximate surface area is 199 Å². The van der Waals surface area contributed by atoms with Gasteiger partial charge in [0.05, 0.1) is 16.4 Å². The van der Waals surface area contributed by atoms with E-state index in [1.54, 1.807) is 6.07 Å². The molecule has 0 radical (unpaired) electrons. The molecule has 6 heteroatoms. The van der Waals surface area contributed by atoms with Crippen LogP contribution in [0, 0.1) is 20.8 Å². The van der Waals surface area contributed by atoms with Crippen LogP contribution in [0.3, 0.4) is 0 Å². The molecule has 4 aromatic rings. The standard InChI is InChI=1S/C27H26ClN3O2/c1-18-12-13-25(28)26(14-18)33-17-21-8-7-9-22(15-21)27(32)29-16-24-19(2)30-31(20(24)3)23-10-5-4-6-11-23/h4-15H,16-17H2,1-3H3,(H,29,32). The van der Waals surface area contributed by atoms with E-state index >= 15 is 0 Å².